The van der Waals surface area contributed by atoms with Crippen LogP contribution < -0.4 is 5.32 Å². The van der Waals surface area contributed by atoms with E-state index in [1.165, 1.54) is 0 Å². The van der Waals surface area contributed by atoms with Gasteiger partial charge >= 0.3 is 0 Å². The van der Waals surface area contributed by atoms with Gasteiger partial charge in [0.1, 0.15) is 0 Å². The van der Waals surface area contributed by atoms with E-state index >= 15 is 0 Å². The van der Waals surface area contributed by atoms with Crippen LogP contribution in [0.5, 0.6) is 0 Å². The summed E-state index contributed by atoms with van der Waals surface area (Å²) in [5.74, 6) is 1.33. The van der Waals surface area contributed by atoms with Gasteiger partial charge < -0.3 is 5.32 Å². The van der Waals surface area contributed by atoms with Crippen LogP contribution in [-0.2, 0) is 6.54 Å². The van der Waals surface area contributed by atoms with Crippen LogP contribution in [-0.4, -0.2) is 26.7 Å². The lowest BCUT2D eigenvalue weighted by Gasteiger charge is -2.15. The summed E-state index contributed by atoms with van der Waals surface area (Å²) in [7, 11) is 0. The Bertz CT molecular complexity index is 206. The maximum atomic E-state index is 3.84. The van der Waals surface area contributed by atoms with Gasteiger partial charge in [0.05, 0.1) is 6.54 Å². The molecule has 0 aliphatic heterocycles. The van der Waals surface area contributed by atoms with E-state index in [0.717, 1.165) is 0 Å². The fraction of sp³-hybridized carbons (Fsp3) is 0.857. The van der Waals surface area contributed by atoms with Crippen molar-refractivity contribution in [1.29, 1.82) is 0 Å². The summed E-state index contributed by atoms with van der Waals surface area (Å²) in [6.07, 6.45) is 0. The maximum absolute atomic E-state index is 3.84. The van der Waals surface area contributed by atoms with E-state index in [2.05, 4.69) is 46.7 Å². The Kier molecular flexibility index (Phi) is 3.16. The lowest BCUT2D eigenvalue weighted by Crippen LogP contribution is -2.30. The average molecular weight is 169 g/mol. The molecule has 1 aromatic heterocycles. The Balaban J connectivity index is 2.27. The second-order valence-electron chi connectivity index (χ2n) is 3.24. The molecule has 0 fully saturated rings. The minimum absolute atomic E-state index is 0.475. The van der Waals surface area contributed by atoms with E-state index in [1.807, 2.05) is 0 Å². The number of nitrogens with zero attached hydrogens (tertiary/aromatic N) is 3. The highest BCUT2D eigenvalue weighted by molar-refractivity contribution is 4.76. The monoisotopic (exact) mass is 169 g/mol. The number of aromatic nitrogens is 4. The second kappa shape index (κ2) is 4.15. The number of H-pyrrole nitrogens is 1. The first-order chi connectivity index (χ1) is 5.70. The Morgan fingerprint density at radius 1 is 1.42 bits per heavy atom. The first kappa shape index (κ1) is 9.12. The summed E-state index contributed by atoms with van der Waals surface area (Å²) in [6, 6.07) is 0.475. The molecule has 0 spiro atoms. The van der Waals surface area contributed by atoms with Crippen molar-refractivity contribution in [3.05, 3.63) is 5.82 Å². The van der Waals surface area contributed by atoms with Gasteiger partial charge in [0.15, 0.2) is 5.82 Å². The number of aromatic amines is 1. The van der Waals surface area contributed by atoms with Gasteiger partial charge in [-0.05, 0) is 12.8 Å². The summed E-state index contributed by atoms with van der Waals surface area (Å²) >= 11 is 0. The lowest BCUT2D eigenvalue weighted by atomic mass is 10.1. The predicted molar refractivity (Wildman–Crippen MR) is 45.3 cm³/mol. The summed E-state index contributed by atoms with van der Waals surface area (Å²) in [6.45, 7) is 7.17. The van der Waals surface area contributed by atoms with Crippen LogP contribution >= 0.6 is 0 Å². The molecule has 12 heavy (non-hydrogen) atoms. The predicted octanol–water partition coefficient (Wildman–Crippen LogP) is 0.334. The van der Waals surface area contributed by atoms with E-state index in [-0.39, 0.29) is 0 Å². The zero-order valence-corrected chi connectivity index (χ0v) is 7.70. The van der Waals surface area contributed by atoms with Crippen molar-refractivity contribution >= 4 is 0 Å². The summed E-state index contributed by atoms with van der Waals surface area (Å²) in [5, 5.41) is 16.9. The van der Waals surface area contributed by atoms with Gasteiger partial charge in [0.2, 0.25) is 0 Å². The highest BCUT2D eigenvalue weighted by Crippen LogP contribution is 1.99. The third kappa shape index (κ3) is 2.58. The van der Waals surface area contributed by atoms with Crippen molar-refractivity contribution in [2.45, 2.75) is 33.4 Å². The molecule has 5 nitrogen and oxygen atoms in total. The van der Waals surface area contributed by atoms with Crippen LogP contribution in [0.1, 0.15) is 26.6 Å². The van der Waals surface area contributed by atoms with Crippen molar-refractivity contribution in [2.75, 3.05) is 0 Å². The van der Waals surface area contributed by atoms with Gasteiger partial charge in [0, 0.05) is 6.04 Å². The zero-order valence-electron chi connectivity index (χ0n) is 7.70. The molecular formula is C7H15N5. The van der Waals surface area contributed by atoms with E-state index in [9.17, 15) is 0 Å². The Morgan fingerprint density at radius 2 is 2.17 bits per heavy atom. The maximum Gasteiger partial charge on any atom is 0.188 e. The first-order valence-electron chi connectivity index (χ1n) is 4.16. The Labute approximate surface area is 71.9 Å². The Morgan fingerprint density at radius 3 is 2.67 bits per heavy atom. The number of rotatable bonds is 4. The quantitative estimate of drug-likeness (QED) is 0.681. The molecule has 0 saturated carbocycles. The van der Waals surface area contributed by atoms with E-state index in [1.54, 1.807) is 0 Å². The van der Waals surface area contributed by atoms with E-state index < -0.39 is 0 Å². The van der Waals surface area contributed by atoms with Crippen LogP contribution in [0.15, 0.2) is 0 Å². The van der Waals surface area contributed by atoms with Gasteiger partial charge in [-0.1, -0.05) is 19.1 Å². The van der Waals surface area contributed by atoms with Crippen molar-refractivity contribution in [3.63, 3.8) is 0 Å². The van der Waals surface area contributed by atoms with Gasteiger partial charge in [0.25, 0.3) is 0 Å². The molecule has 5 heteroatoms. The van der Waals surface area contributed by atoms with Crippen molar-refractivity contribution in [1.82, 2.24) is 25.9 Å². The van der Waals surface area contributed by atoms with Crippen molar-refractivity contribution in [2.24, 2.45) is 5.92 Å². The molecule has 0 aliphatic rings. The molecule has 1 unspecified atom stereocenters. The normalized spacial score (nSPS) is 13.7. The summed E-state index contributed by atoms with van der Waals surface area (Å²) < 4.78 is 0. The van der Waals surface area contributed by atoms with Gasteiger partial charge in [-0.3, -0.25) is 0 Å². The lowest BCUT2D eigenvalue weighted by molar-refractivity contribution is 0.421. The largest absolute Gasteiger partial charge is 0.307 e. The molecule has 1 atom stereocenters. The molecule has 2 N–H and O–H groups in total. The molecule has 0 amide bonds. The average Bonchev–Trinajstić information content (AvgIpc) is 2.51. The molecule has 0 aromatic carbocycles. The molecule has 1 aromatic rings. The summed E-state index contributed by atoms with van der Waals surface area (Å²) in [4.78, 5) is 0. The minimum atomic E-state index is 0.475. The fourth-order valence-electron chi connectivity index (χ4n) is 0.745. The third-order valence-electron chi connectivity index (χ3n) is 1.97. The highest BCUT2D eigenvalue weighted by atomic mass is 15.5. The second-order valence-corrected chi connectivity index (χ2v) is 3.24. The summed E-state index contributed by atoms with van der Waals surface area (Å²) in [5.41, 5.74) is 0. The van der Waals surface area contributed by atoms with Gasteiger partial charge in [-0.2, -0.15) is 5.21 Å². The van der Waals surface area contributed by atoms with E-state index in [4.69, 9.17) is 0 Å². The molecule has 0 aliphatic carbocycles. The zero-order chi connectivity index (χ0) is 8.97. The van der Waals surface area contributed by atoms with Crippen LogP contribution in [0.3, 0.4) is 0 Å². The minimum Gasteiger partial charge on any atom is -0.307 e. The van der Waals surface area contributed by atoms with Crippen LogP contribution in [0.25, 0.3) is 0 Å². The number of hydrogen-bond acceptors (Lipinski definition) is 4. The topological polar surface area (TPSA) is 66.5 Å². The van der Waals surface area contributed by atoms with Gasteiger partial charge in [-0.15, -0.1) is 10.2 Å². The molecule has 0 radical (unpaired) electrons. The van der Waals surface area contributed by atoms with Crippen LogP contribution in [0.2, 0.25) is 0 Å². The molecule has 68 valence electrons. The first-order valence-corrected chi connectivity index (χ1v) is 4.16. The van der Waals surface area contributed by atoms with E-state index in [0.29, 0.717) is 24.3 Å². The molecule has 0 saturated heterocycles. The fourth-order valence-corrected chi connectivity index (χ4v) is 0.745. The number of tetrazole rings is 1. The number of nitrogens with one attached hydrogen (secondary N) is 2. The third-order valence-corrected chi connectivity index (χ3v) is 1.97. The van der Waals surface area contributed by atoms with Crippen molar-refractivity contribution in [3.8, 4) is 0 Å². The SMILES string of the molecule is CC(C)C(C)NCc1nn[nH]n1. The standard InChI is InChI=1S/C7H15N5/c1-5(2)6(3)8-4-7-9-11-12-10-7/h5-6,8H,4H2,1-3H3,(H,9,10,11,12). The highest BCUT2D eigenvalue weighted by Gasteiger charge is 2.06. The van der Waals surface area contributed by atoms with Crippen LogP contribution in [0, 0.1) is 5.92 Å². The molecule has 0 bridgehead atoms. The molecule has 1 heterocycles. The van der Waals surface area contributed by atoms with Crippen molar-refractivity contribution < 1.29 is 0 Å². The Hall–Kier alpha value is -0.970. The smallest absolute Gasteiger partial charge is 0.188 e. The van der Waals surface area contributed by atoms with Gasteiger partial charge in [-0.25, -0.2) is 0 Å². The molecule has 1 rings (SSSR count). The molecular weight excluding hydrogens is 154 g/mol. The number of hydrogen-bond donors (Lipinski definition) is 2. The van der Waals surface area contributed by atoms with Crippen LogP contribution in [0.4, 0.5) is 0 Å².